The Morgan fingerprint density at radius 2 is 1.77 bits per heavy atom. The number of carbonyl (C=O) groups is 1. The van der Waals surface area contributed by atoms with E-state index in [-0.39, 0.29) is 12.3 Å². The average Bonchev–Trinajstić information content (AvgIpc) is 2.87. The Morgan fingerprint density at radius 3 is 2.49 bits per heavy atom. The maximum absolute atomic E-state index is 13.4. The van der Waals surface area contributed by atoms with Gasteiger partial charge in [-0.3, -0.25) is 9.10 Å². The van der Waals surface area contributed by atoms with Crippen molar-refractivity contribution in [3.8, 4) is 17.2 Å². The molecule has 0 bridgehead atoms. The van der Waals surface area contributed by atoms with E-state index < -0.39 is 28.1 Å². The molecule has 0 aromatic heterocycles. The summed E-state index contributed by atoms with van der Waals surface area (Å²) in [4.78, 5) is 13.2. The van der Waals surface area contributed by atoms with E-state index in [9.17, 15) is 13.2 Å². The van der Waals surface area contributed by atoms with Crippen LogP contribution in [-0.2, 0) is 20.6 Å². The number of hydrogen-bond acceptors (Lipinski definition) is 6. The number of nitrogens with one attached hydrogen (secondary N) is 1. The summed E-state index contributed by atoms with van der Waals surface area (Å²) < 4.78 is 44.7. The van der Waals surface area contributed by atoms with E-state index in [4.69, 9.17) is 14.2 Å². The molecule has 1 N–H and O–H groups in total. The smallest absolute Gasteiger partial charge is 0.263 e. The molecule has 1 amide bonds. The van der Waals surface area contributed by atoms with E-state index in [0.29, 0.717) is 28.5 Å². The number of rotatable bonds is 8. The highest BCUT2D eigenvalue weighted by molar-refractivity contribution is 7.92. The zero-order chi connectivity index (χ0) is 25.0. The van der Waals surface area contributed by atoms with Crippen molar-refractivity contribution >= 4 is 21.6 Å². The predicted octanol–water partition coefficient (Wildman–Crippen LogP) is 3.68. The fraction of sp³-hybridized carbons (Fsp3) is 0.269. The lowest BCUT2D eigenvalue weighted by atomic mass is 10.1. The molecule has 184 valence electrons. The summed E-state index contributed by atoms with van der Waals surface area (Å²) in [6.07, 6.45) is -1.03. The Bertz CT molecular complexity index is 1300. The summed E-state index contributed by atoms with van der Waals surface area (Å²) in [5.41, 5.74) is 1.80. The Hall–Kier alpha value is -3.72. The summed E-state index contributed by atoms with van der Waals surface area (Å²) in [6.45, 7) is 1.68. The molecule has 0 aliphatic carbocycles. The van der Waals surface area contributed by atoms with Gasteiger partial charge in [0.1, 0.15) is 17.2 Å². The SMILES string of the molecule is COc1ccc(OC)c([C@@H](C)NC(=O)[C@@H]2CN(S(=O)(=O)Cc3ccccc3)c3ccccc3O2)c1. The molecule has 1 heterocycles. The van der Waals surface area contributed by atoms with Crippen LogP contribution in [-0.4, -0.2) is 41.2 Å². The molecule has 9 heteroatoms. The number of ether oxygens (including phenoxy) is 3. The number of fused-ring (bicyclic) bond motifs is 1. The molecule has 0 fully saturated rings. The van der Waals surface area contributed by atoms with Crippen LogP contribution >= 0.6 is 0 Å². The largest absolute Gasteiger partial charge is 0.497 e. The van der Waals surface area contributed by atoms with Crippen LogP contribution in [0.2, 0.25) is 0 Å². The Balaban J connectivity index is 1.58. The molecule has 0 saturated carbocycles. The van der Waals surface area contributed by atoms with Crippen molar-refractivity contribution < 1.29 is 27.4 Å². The predicted molar refractivity (Wildman–Crippen MR) is 133 cm³/mol. The minimum absolute atomic E-state index is 0.139. The standard InChI is InChI=1S/C26H28N2O6S/c1-18(21-15-20(32-2)13-14-23(21)33-3)27-26(29)25-16-28(22-11-7-8-12-24(22)34-25)35(30,31)17-19-9-5-4-6-10-19/h4-15,18,25H,16-17H2,1-3H3,(H,27,29)/t18-,25+/m1/s1. The quantitative estimate of drug-likeness (QED) is 0.511. The number of methoxy groups -OCH3 is 2. The number of carbonyl (C=O) groups excluding carboxylic acids is 1. The first-order valence-electron chi connectivity index (χ1n) is 11.1. The summed E-state index contributed by atoms with van der Waals surface area (Å²) in [5.74, 6) is 0.941. The third-order valence-electron chi connectivity index (χ3n) is 5.82. The van der Waals surface area contributed by atoms with Gasteiger partial charge in [-0.25, -0.2) is 8.42 Å². The molecular formula is C26H28N2O6S. The Morgan fingerprint density at radius 1 is 1.06 bits per heavy atom. The Labute approximate surface area is 205 Å². The van der Waals surface area contributed by atoms with E-state index in [1.165, 1.54) is 4.31 Å². The number of benzene rings is 3. The second-order valence-corrected chi connectivity index (χ2v) is 10.1. The van der Waals surface area contributed by atoms with Crippen LogP contribution in [0.25, 0.3) is 0 Å². The molecule has 4 rings (SSSR count). The van der Waals surface area contributed by atoms with Crippen LogP contribution in [0.4, 0.5) is 5.69 Å². The summed E-state index contributed by atoms with van der Waals surface area (Å²) >= 11 is 0. The molecule has 3 aromatic carbocycles. The van der Waals surface area contributed by atoms with Crippen molar-refractivity contribution in [1.29, 1.82) is 0 Å². The molecule has 1 aliphatic heterocycles. The van der Waals surface area contributed by atoms with E-state index >= 15 is 0 Å². The monoisotopic (exact) mass is 496 g/mol. The number of para-hydroxylation sites is 2. The first-order chi connectivity index (χ1) is 16.8. The van der Waals surface area contributed by atoms with Crippen molar-refractivity contribution in [1.82, 2.24) is 5.32 Å². The van der Waals surface area contributed by atoms with Gasteiger partial charge in [0.2, 0.25) is 10.0 Å². The normalized spacial score (nSPS) is 16.0. The highest BCUT2D eigenvalue weighted by Gasteiger charge is 2.37. The highest BCUT2D eigenvalue weighted by atomic mass is 32.2. The minimum Gasteiger partial charge on any atom is -0.497 e. The fourth-order valence-electron chi connectivity index (χ4n) is 4.03. The number of anilines is 1. The maximum Gasteiger partial charge on any atom is 0.263 e. The molecule has 0 spiro atoms. The third kappa shape index (κ3) is 5.35. The van der Waals surface area contributed by atoms with E-state index in [1.54, 1.807) is 80.9 Å². The van der Waals surface area contributed by atoms with Gasteiger partial charge in [0.25, 0.3) is 5.91 Å². The lowest BCUT2D eigenvalue weighted by molar-refractivity contribution is -0.128. The van der Waals surface area contributed by atoms with Crippen LogP contribution in [0.5, 0.6) is 17.2 Å². The fourth-order valence-corrected chi connectivity index (χ4v) is 5.61. The van der Waals surface area contributed by atoms with Gasteiger partial charge < -0.3 is 19.5 Å². The van der Waals surface area contributed by atoms with Crippen molar-refractivity contribution in [2.75, 3.05) is 25.1 Å². The lowest BCUT2D eigenvalue weighted by Crippen LogP contribution is -2.51. The van der Waals surface area contributed by atoms with Crippen molar-refractivity contribution in [2.45, 2.75) is 24.8 Å². The molecule has 2 atom stereocenters. The molecule has 8 nitrogen and oxygen atoms in total. The van der Waals surface area contributed by atoms with Gasteiger partial charge in [0.15, 0.2) is 6.10 Å². The molecule has 0 unspecified atom stereocenters. The number of sulfonamides is 1. The van der Waals surface area contributed by atoms with Crippen molar-refractivity contribution in [2.24, 2.45) is 0 Å². The van der Waals surface area contributed by atoms with Gasteiger partial charge in [0.05, 0.1) is 38.2 Å². The van der Waals surface area contributed by atoms with E-state index in [1.807, 2.05) is 13.0 Å². The zero-order valence-corrected chi connectivity index (χ0v) is 20.6. The van der Waals surface area contributed by atoms with Gasteiger partial charge >= 0.3 is 0 Å². The van der Waals surface area contributed by atoms with Crippen LogP contribution < -0.4 is 23.8 Å². The van der Waals surface area contributed by atoms with Gasteiger partial charge in [0, 0.05) is 5.56 Å². The van der Waals surface area contributed by atoms with Gasteiger partial charge in [-0.15, -0.1) is 0 Å². The molecule has 35 heavy (non-hydrogen) atoms. The van der Waals surface area contributed by atoms with Gasteiger partial charge in [-0.2, -0.15) is 0 Å². The summed E-state index contributed by atoms with van der Waals surface area (Å²) in [5, 5.41) is 2.92. The van der Waals surface area contributed by atoms with Crippen LogP contribution in [0, 0.1) is 0 Å². The number of nitrogens with zero attached hydrogens (tertiary/aromatic N) is 1. The van der Waals surface area contributed by atoms with E-state index in [0.717, 1.165) is 5.56 Å². The Kier molecular flexibility index (Phi) is 7.16. The maximum atomic E-state index is 13.4. The zero-order valence-electron chi connectivity index (χ0n) is 19.8. The summed E-state index contributed by atoms with van der Waals surface area (Å²) in [6, 6.07) is 20.6. The topological polar surface area (TPSA) is 94.2 Å². The van der Waals surface area contributed by atoms with Gasteiger partial charge in [-0.05, 0) is 42.8 Å². The minimum atomic E-state index is -3.78. The molecule has 3 aromatic rings. The van der Waals surface area contributed by atoms with Crippen molar-refractivity contribution in [3.63, 3.8) is 0 Å². The van der Waals surface area contributed by atoms with Crippen LogP contribution in [0.1, 0.15) is 24.1 Å². The molecule has 1 aliphatic rings. The second-order valence-electron chi connectivity index (χ2n) is 8.19. The third-order valence-corrected chi connectivity index (χ3v) is 7.53. The molecular weight excluding hydrogens is 468 g/mol. The van der Waals surface area contributed by atoms with Crippen LogP contribution in [0.15, 0.2) is 72.8 Å². The average molecular weight is 497 g/mol. The molecule has 0 saturated heterocycles. The lowest BCUT2D eigenvalue weighted by Gasteiger charge is -2.35. The van der Waals surface area contributed by atoms with E-state index in [2.05, 4.69) is 5.32 Å². The summed E-state index contributed by atoms with van der Waals surface area (Å²) in [7, 11) is -0.666. The highest BCUT2D eigenvalue weighted by Crippen LogP contribution is 2.36. The first-order valence-corrected chi connectivity index (χ1v) is 12.8. The molecule has 0 radical (unpaired) electrons. The first kappa shape index (κ1) is 24.4. The second kappa shape index (κ2) is 10.3. The number of amides is 1. The van der Waals surface area contributed by atoms with Crippen LogP contribution in [0.3, 0.4) is 0 Å². The number of hydrogen-bond donors (Lipinski definition) is 1. The van der Waals surface area contributed by atoms with Gasteiger partial charge in [-0.1, -0.05) is 42.5 Å². The van der Waals surface area contributed by atoms with Crippen molar-refractivity contribution in [3.05, 3.63) is 83.9 Å².